The molecule has 1 rings (SSSR count). The molecule has 0 unspecified atom stereocenters. The third-order valence-corrected chi connectivity index (χ3v) is 3.12. The maximum atomic E-state index is 12.3. The first-order valence-electron chi connectivity index (χ1n) is 3.84. The molecule has 0 aromatic carbocycles. The summed E-state index contributed by atoms with van der Waals surface area (Å²) in [6.07, 6.45) is 1.08. The van der Waals surface area contributed by atoms with Crippen molar-refractivity contribution in [2.75, 3.05) is 19.7 Å². The van der Waals surface area contributed by atoms with E-state index in [0.29, 0.717) is 12.8 Å². The van der Waals surface area contributed by atoms with E-state index in [2.05, 4.69) is 0 Å². The molecule has 4 nitrogen and oxygen atoms in total. The zero-order chi connectivity index (χ0) is 9.19. The molecule has 0 bridgehead atoms. The second-order valence-corrected chi connectivity index (χ2v) is 4.31. The lowest BCUT2D eigenvalue weighted by Crippen LogP contribution is -2.37. The minimum atomic E-state index is -4.51. The van der Waals surface area contributed by atoms with Crippen LogP contribution in [0.15, 0.2) is 0 Å². The van der Waals surface area contributed by atoms with Gasteiger partial charge in [-0.05, 0) is 18.8 Å². The van der Waals surface area contributed by atoms with Crippen molar-refractivity contribution in [1.29, 1.82) is 0 Å². The SMILES string of the molecule is O=S(=O)(F)N1CCC(CO)CC1. The van der Waals surface area contributed by atoms with Crippen molar-refractivity contribution in [2.45, 2.75) is 12.8 Å². The minimum absolute atomic E-state index is 0.0557. The molecule has 1 saturated heterocycles. The summed E-state index contributed by atoms with van der Waals surface area (Å²) in [7, 11) is -4.51. The number of piperidine rings is 1. The van der Waals surface area contributed by atoms with Crippen molar-refractivity contribution in [1.82, 2.24) is 4.31 Å². The first-order chi connectivity index (χ1) is 5.54. The van der Waals surface area contributed by atoms with Gasteiger partial charge in [0.25, 0.3) is 0 Å². The number of halogens is 1. The Morgan fingerprint density at radius 1 is 1.42 bits per heavy atom. The molecule has 1 aliphatic rings. The Kier molecular flexibility index (Phi) is 3.03. The van der Waals surface area contributed by atoms with E-state index in [9.17, 15) is 12.3 Å². The lowest BCUT2D eigenvalue weighted by atomic mass is 10.00. The van der Waals surface area contributed by atoms with Crippen LogP contribution in [0, 0.1) is 5.92 Å². The molecule has 0 spiro atoms. The van der Waals surface area contributed by atoms with Gasteiger partial charge in [0.05, 0.1) is 0 Å². The molecule has 0 amide bonds. The molecule has 1 aliphatic heterocycles. The van der Waals surface area contributed by atoms with Crippen LogP contribution < -0.4 is 0 Å². The normalized spacial score (nSPS) is 22.8. The van der Waals surface area contributed by atoms with E-state index in [-0.39, 0.29) is 25.6 Å². The van der Waals surface area contributed by atoms with Gasteiger partial charge in [0.2, 0.25) is 0 Å². The van der Waals surface area contributed by atoms with Gasteiger partial charge in [0.15, 0.2) is 0 Å². The lowest BCUT2D eigenvalue weighted by molar-refractivity contribution is 0.168. The molecule has 0 aromatic heterocycles. The molecule has 1 N–H and O–H groups in total. The van der Waals surface area contributed by atoms with Gasteiger partial charge in [-0.15, -0.1) is 0 Å². The van der Waals surface area contributed by atoms with Crippen LogP contribution in [0.2, 0.25) is 0 Å². The molecule has 1 fully saturated rings. The fourth-order valence-electron chi connectivity index (χ4n) is 1.31. The highest BCUT2D eigenvalue weighted by Crippen LogP contribution is 2.19. The maximum absolute atomic E-state index is 12.3. The molecule has 12 heavy (non-hydrogen) atoms. The van der Waals surface area contributed by atoms with Crippen LogP contribution in [-0.4, -0.2) is 37.5 Å². The predicted octanol–water partition coefficient (Wildman–Crippen LogP) is -0.0950. The number of rotatable bonds is 2. The highest BCUT2D eigenvalue weighted by Gasteiger charge is 2.26. The van der Waals surface area contributed by atoms with Gasteiger partial charge >= 0.3 is 10.4 Å². The summed E-state index contributed by atoms with van der Waals surface area (Å²) in [6.45, 7) is 0.425. The first-order valence-corrected chi connectivity index (χ1v) is 5.18. The van der Waals surface area contributed by atoms with E-state index < -0.39 is 10.4 Å². The Bertz CT molecular complexity index is 233. The highest BCUT2D eigenvalue weighted by molar-refractivity contribution is 7.83. The Morgan fingerprint density at radius 2 is 1.92 bits per heavy atom. The quantitative estimate of drug-likeness (QED) is 0.629. The van der Waals surface area contributed by atoms with Crippen LogP contribution in [0.3, 0.4) is 0 Å². The number of aliphatic hydroxyl groups excluding tert-OH is 1. The number of aliphatic hydroxyl groups is 1. The summed E-state index contributed by atoms with van der Waals surface area (Å²) in [4.78, 5) is 0. The second-order valence-electron chi connectivity index (χ2n) is 2.97. The predicted molar refractivity (Wildman–Crippen MR) is 41.4 cm³/mol. The van der Waals surface area contributed by atoms with Gasteiger partial charge in [-0.1, -0.05) is 3.89 Å². The van der Waals surface area contributed by atoms with E-state index in [4.69, 9.17) is 5.11 Å². The fourth-order valence-corrected chi connectivity index (χ4v) is 1.96. The van der Waals surface area contributed by atoms with Crippen molar-refractivity contribution < 1.29 is 17.4 Å². The smallest absolute Gasteiger partial charge is 0.374 e. The minimum Gasteiger partial charge on any atom is -0.396 e. The Balaban J connectivity index is 2.47. The van der Waals surface area contributed by atoms with E-state index in [1.807, 2.05) is 0 Å². The van der Waals surface area contributed by atoms with Gasteiger partial charge in [-0.3, -0.25) is 0 Å². The summed E-state index contributed by atoms with van der Waals surface area (Å²) in [6, 6.07) is 0. The van der Waals surface area contributed by atoms with Crippen molar-refractivity contribution >= 4 is 10.4 Å². The third-order valence-electron chi connectivity index (χ3n) is 2.14. The van der Waals surface area contributed by atoms with Crippen LogP contribution >= 0.6 is 0 Å². The molecule has 6 heteroatoms. The van der Waals surface area contributed by atoms with Crippen LogP contribution in [0.1, 0.15) is 12.8 Å². The topological polar surface area (TPSA) is 57.6 Å². The number of nitrogens with zero attached hydrogens (tertiary/aromatic N) is 1. The number of hydrogen-bond donors (Lipinski definition) is 1. The largest absolute Gasteiger partial charge is 0.396 e. The Labute approximate surface area is 71.3 Å². The monoisotopic (exact) mass is 197 g/mol. The molecule has 72 valence electrons. The summed E-state index contributed by atoms with van der Waals surface area (Å²) in [5, 5.41) is 8.72. The van der Waals surface area contributed by atoms with Crippen molar-refractivity contribution in [3.05, 3.63) is 0 Å². The van der Waals surface area contributed by atoms with Crippen LogP contribution in [0.25, 0.3) is 0 Å². The van der Waals surface area contributed by atoms with E-state index in [1.54, 1.807) is 0 Å². The average Bonchev–Trinajstić information content (AvgIpc) is 2.03. The van der Waals surface area contributed by atoms with Crippen LogP contribution in [0.5, 0.6) is 0 Å². The van der Waals surface area contributed by atoms with Gasteiger partial charge in [0.1, 0.15) is 0 Å². The molecule has 0 aliphatic carbocycles. The molecular weight excluding hydrogens is 185 g/mol. The fraction of sp³-hybridized carbons (Fsp3) is 1.00. The molecule has 1 heterocycles. The van der Waals surface area contributed by atoms with Crippen molar-refractivity contribution in [3.63, 3.8) is 0 Å². The zero-order valence-electron chi connectivity index (χ0n) is 6.61. The summed E-state index contributed by atoms with van der Waals surface area (Å²) in [5.41, 5.74) is 0. The highest BCUT2D eigenvalue weighted by atomic mass is 32.3. The first kappa shape index (κ1) is 9.88. The van der Waals surface area contributed by atoms with Gasteiger partial charge in [0, 0.05) is 19.7 Å². The van der Waals surface area contributed by atoms with E-state index in [0.717, 1.165) is 4.31 Å². The van der Waals surface area contributed by atoms with Gasteiger partial charge < -0.3 is 5.11 Å². The summed E-state index contributed by atoms with van der Waals surface area (Å²) >= 11 is 0. The molecule has 0 atom stereocenters. The van der Waals surface area contributed by atoms with Gasteiger partial charge in [-0.25, -0.2) is 0 Å². The molecule has 0 aromatic rings. The second kappa shape index (κ2) is 3.68. The van der Waals surface area contributed by atoms with Crippen LogP contribution in [-0.2, 0) is 10.4 Å². The van der Waals surface area contributed by atoms with Crippen molar-refractivity contribution in [3.8, 4) is 0 Å². The van der Waals surface area contributed by atoms with E-state index >= 15 is 0 Å². The Hall–Kier alpha value is -0.200. The zero-order valence-corrected chi connectivity index (χ0v) is 7.43. The molecule has 0 saturated carbocycles. The van der Waals surface area contributed by atoms with Crippen molar-refractivity contribution in [2.24, 2.45) is 5.92 Å². The number of hydrogen-bond acceptors (Lipinski definition) is 3. The Morgan fingerprint density at radius 3 is 2.25 bits per heavy atom. The molecular formula is C6H12FNO3S. The van der Waals surface area contributed by atoms with E-state index in [1.165, 1.54) is 0 Å². The van der Waals surface area contributed by atoms with Gasteiger partial charge in [-0.2, -0.15) is 12.7 Å². The summed E-state index contributed by atoms with van der Waals surface area (Å²) in [5.74, 6) is 0.128. The van der Waals surface area contributed by atoms with Crippen LogP contribution in [0.4, 0.5) is 3.89 Å². The maximum Gasteiger partial charge on any atom is 0.374 e. The lowest BCUT2D eigenvalue weighted by Gasteiger charge is -2.27. The molecule has 0 radical (unpaired) electrons. The summed E-state index contributed by atoms with van der Waals surface area (Å²) < 4.78 is 33.9. The standard InChI is InChI=1S/C6H12FNO3S/c7-12(10,11)8-3-1-6(5-9)2-4-8/h6,9H,1-5H2. The third kappa shape index (κ3) is 2.40. The average molecular weight is 197 g/mol.